The average molecular weight is 450 g/mol. The molecule has 0 amide bonds. The first-order chi connectivity index (χ1) is 13.8. The van der Waals surface area contributed by atoms with Gasteiger partial charge in [0.25, 0.3) is 0 Å². The SMILES string of the molecule is CC(Cc1cccc(OP(C)(C)=O)c1)C(=O)/C=C/c1cccc(OP(C)(C)=O)c1O. The molecule has 0 aliphatic heterocycles. The minimum Gasteiger partial charge on any atom is -0.504 e. The molecule has 0 heterocycles. The molecule has 0 aromatic heterocycles. The molecule has 6 nitrogen and oxygen atoms in total. The van der Waals surface area contributed by atoms with Gasteiger partial charge in [0.2, 0.25) is 14.7 Å². The first-order valence-electron chi connectivity index (χ1n) is 9.46. The van der Waals surface area contributed by atoms with E-state index >= 15 is 0 Å². The number of phenols is 1. The lowest BCUT2D eigenvalue weighted by atomic mass is 9.96. The van der Waals surface area contributed by atoms with Crippen LogP contribution in [0.4, 0.5) is 0 Å². The number of carbonyl (C=O) groups is 1. The predicted molar refractivity (Wildman–Crippen MR) is 122 cm³/mol. The molecule has 2 aromatic rings. The van der Waals surface area contributed by atoms with Gasteiger partial charge in [-0.05, 0) is 42.3 Å². The van der Waals surface area contributed by atoms with Crippen LogP contribution >= 0.6 is 14.7 Å². The van der Waals surface area contributed by atoms with Gasteiger partial charge < -0.3 is 14.2 Å². The van der Waals surface area contributed by atoms with E-state index in [1.165, 1.54) is 31.5 Å². The highest BCUT2D eigenvalue weighted by Gasteiger charge is 2.16. The number of para-hydroxylation sites is 1. The third kappa shape index (κ3) is 7.85. The summed E-state index contributed by atoms with van der Waals surface area (Å²) in [6.45, 7) is 7.83. The molecule has 8 heteroatoms. The van der Waals surface area contributed by atoms with E-state index in [2.05, 4.69) is 0 Å². The highest BCUT2D eigenvalue weighted by atomic mass is 31.2. The summed E-state index contributed by atoms with van der Waals surface area (Å²) in [6, 6.07) is 12.0. The zero-order valence-corrected chi connectivity index (χ0v) is 19.7. The number of allylic oxidation sites excluding steroid dienone is 1. The smallest absolute Gasteiger partial charge is 0.242 e. The van der Waals surface area contributed by atoms with Crippen molar-refractivity contribution in [1.82, 2.24) is 0 Å². The van der Waals surface area contributed by atoms with Crippen molar-refractivity contribution in [3.05, 3.63) is 59.7 Å². The number of hydrogen-bond acceptors (Lipinski definition) is 6. The number of benzene rings is 2. The Morgan fingerprint density at radius 3 is 2.30 bits per heavy atom. The van der Waals surface area contributed by atoms with Crippen molar-refractivity contribution >= 4 is 26.6 Å². The van der Waals surface area contributed by atoms with Crippen molar-refractivity contribution in [2.24, 2.45) is 5.92 Å². The lowest BCUT2D eigenvalue weighted by Gasteiger charge is -2.13. The largest absolute Gasteiger partial charge is 0.504 e. The van der Waals surface area contributed by atoms with Gasteiger partial charge in [-0.3, -0.25) is 13.9 Å². The summed E-state index contributed by atoms with van der Waals surface area (Å²) in [4.78, 5) is 12.5. The highest BCUT2D eigenvalue weighted by molar-refractivity contribution is 7.58. The van der Waals surface area contributed by atoms with E-state index in [4.69, 9.17) is 9.05 Å². The van der Waals surface area contributed by atoms with Gasteiger partial charge in [0, 0.05) is 38.1 Å². The van der Waals surface area contributed by atoms with Crippen LogP contribution in [0.25, 0.3) is 6.08 Å². The van der Waals surface area contributed by atoms with Crippen molar-refractivity contribution < 1.29 is 28.1 Å². The number of hydrogen-bond donors (Lipinski definition) is 1. The second-order valence-corrected chi connectivity index (χ2v) is 13.2. The molecule has 2 rings (SSSR count). The zero-order valence-electron chi connectivity index (χ0n) is 17.9. The van der Waals surface area contributed by atoms with Crippen LogP contribution in [-0.4, -0.2) is 37.5 Å². The molecule has 1 unspecified atom stereocenters. The Balaban J connectivity index is 2.09. The summed E-state index contributed by atoms with van der Waals surface area (Å²) < 4.78 is 34.4. The van der Waals surface area contributed by atoms with Crippen LogP contribution in [0.2, 0.25) is 0 Å². The molecule has 0 bridgehead atoms. The van der Waals surface area contributed by atoms with E-state index in [1.807, 2.05) is 13.0 Å². The van der Waals surface area contributed by atoms with Crippen LogP contribution in [0.5, 0.6) is 17.2 Å². The minimum atomic E-state index is -2.82. The molecule has 30 heavy (non-hydrogen) atoms. The molecule has 162 valence electrons. The summed E-state index contributed by atoms with van der Waals surface area (Å²) in [5, 5.41) is 10.3. The van der Waals surface area contributed by atoms with Crippen LogP contribution in [-0.2, 0) is 20.3 Å². The maximum atomic E-state index is 12.5. The van der Waals surface area contributed by atoms with Crippen LogP contribution in [0.15, 0.2) is 48.5 Å². The predicted octanol–water partition coefficient (Wildman–Crippen LogP) is 5.69. The Hall–Kier alpha value is -2.29. The van der Waals surface area contributed by atoms with E-state index in [0.29, 0.717) is 17.7 Å². The second kappa shape index (κ2) is 9.68. The van der Waals surface area contributed by atoms with Crippen molar-refractivity contribution in [1.29, 1.82) is 0 Å². The topological polar surface area (TPSA) is 89.9 Å². The van der Waals surface area contributed by atoms with Crippen molar-refractivity contribution in [2.45, 2.75) is 13.3 Å². The van der Waals surface area contributed by atoms with Gasteiger partial charge in [-0.2, -0.15) is 0 Å². The highest BCUT2D eigenvalue weighted by Crippen LogP contribution is 2.43. The molecule has 0 spiro atoms. The standard InChI is InChI=1S/C22H28O6P2/c1-16(14-17-8-6-10-19(15-17)27-29(2,3)25)20(23)13-12-18-9-7-11-21(22(18)24)28-30(4,5)26/h6-13,15-16,24H,14H2,1-5H3/b13-12+. The van der Waals surface area contributed by atoms with Crippen LogP contribution in [0.3, 0.4) is 0 Å². The second-order valence-electron chi connectivity index (χ2n) is 7.87. The van der Waals surface area contributed by atoms with Crippen molar-refractivity contribution in [2.75, 3.05) is 26.7 Å². The van der Waals surface area contributed by atoms with Crippen molar-refractivity contribution in [3.63, 3.8) is 0 Å². The normalized spacial score (nSPS) is 13.2. The van der Waals surface area contributed by atoms with Gasteiger partial charge in [0.05, 0.1) is 0 Å². The third-order valence-corrected chi connectivity index (χ3v) is 5.31. The zero-order chi connectivity index (χ0) is 22.5. The van der Waals surface area contributed by atoms with E-state index in [-0.39, 0.29) is 23.2 Å². The lowest BCUT2D eigenvalue weighted by molar-refractivity contribution is -0.117. The molecule has 0 fully saturated rings. The number of phenolic OH excluding ortho intramolecular Hbond substituents is 1. The van der Waals surface area contributed by atoms with Crippen LogP contribution in [0.1, 0.15) is 18.1 Å². The van der Waals surface area contributed by atoms with Gasteiger partial charge >= 0.3 is 0 Å². The first kappa shape index (κ1) is 24.0. The minimum absolute atomic E-state index is 0.111. The summed E-state index contributed by atoms with van der Waals surface area (Å²) in [6.07, 6.45) is 3.41. The van der Waals surface area contributed by atoms with Gasteiger partial charge in [-0.15, -0.1) is 0 Å². The maximum absolute atomic E-state index is 12.5. The van der Waals surface area contributed by atoms with Gasteiger partial charge in [0.1, 0.15) is 5.75 Å². The molecular formula is C22H28O6P2. The average Bonchev–Trinajstić information content (AvgIpc) is 2.60. The Bertz CT molecular complexity index is 1030. The number of carbonyl (C=O) groups excluding carboxylic acids is 1. The third-order valence-electron chi connectivity index (χ3n) is 4.03. The summed E-state index contributed by atoms with van der Waals surface area (Å²) in [5.41, 5.74) is 1.30. The first-order valence-corrected chi connectivity index (χ1v) is 14.5. The summed E-state index contributed by atoms with van der Waals surface area (Å²) >= 11 is 0. The van der Waals surface area contributed by atoms with E-state index in [1.54, 1.807) is 43.7 Å². The Morgan fingerprint density at radius 1 is 1.03 bits per heavy atom. The van der Waals surface area contributed by atoms with E-state index in [0.717, 1.165) is 5.56 Å². The Morgan fingerprint density at radius 2 is 1.67 bits per heavy atom. The molecule has 0 aliphatic carbocycles. The Kier molecular flexibility index (Phi) is 7.74. The molecule has 1 atom stereocenters. The molecular weight excluding hydrogens is 422 g/mol. The number of rotatable bonds is 9. The van der Waals surface area contributed by atoms with Crippen LogP contribution in [0, 0.1) is 5.92 Å². The molecule has 0 saturated heterocycles. The van der Waals surface area contributed by atoms with E-state index < -0.39 is 14.7 Å². The fourth-order valence-electron chi connectivity index (χ4n) is 2.76. The van der Waals surface area contributed by atoms with Gasteiger partial charge in [-0.1, -0.05) is 31.2 Å². The lowest BCUT2D eigenvalue weighted by Crippen LogP contribution is -2.11. The quantitative estimate of drug-likeness (QED) is 0.390. The maximum Gasteiger partial charge on any atom is 0.242 e. The number of aromatic hydroxyl groups is 1. The molecule has 1 N–H and O–H groups in total. The van der Waals surface area contributed by atoms with Gasteiger partial charge in [0.15, 0.2) is 17.3 Å². The molecule has 0 saturated carbocycles. The molecule has 2 aromatic carbocycles. The fourth-order valence-corrected chi connectivity index (χ4v) is 4.00. The monoisotopic (exact) mass is 450 g/mol. The summed E-state index contributed by atoms with van der Waals surface area (Å²) in [5.74, 6) is 0.0559. The fraction of sp³-hybridized carbons (Fsp3) is 0.318. The summed E-state index contributed by atoms with van der Waals surface area (Å²) in [7, 11) is -5.48. The van der Waals surface area contributed by atoms with Gasteiger partial charge in [-0.25, -0.2) is 0 Å². The van der Waals surface area contributed by atoms with E-state index in [9.17, 15) is 19.0 Å². The Labute approximate surface area is 177 Å². The van der Waals surface area contributed by atoms with Crippen molar-refractivity contribution in [3.8, 4) is 17.2 Å². The number of ketones is 1. The van der Waals surface area contributed by atoms with Crippen LogP contribution < -0.4 is 9.05 Å². The molecule has 0 radical (unpaired) electrons. The molecule has 0 aliphatic rings.